The molecule has 6 heteroatoms. The second-order valence-corrected chi connectivity index (χ2v) is 2.96. The van der Waals surface area contributed by atoms with Gasteiger partial charge in [-0.2, -0.15) is 5.10 Å². The van der Waals surface area contributed by atoms with Gasteiger partial charge in [0.25, 0.3) is 0 Å². The largest absolute Gasteiger partial charge is 0.481 e. The summed E-state index contributed by atoms with van der Waals surface area (Å²) in [5, 5.41) is 15.9. The summed E-state index contributed by atoms with van der Waals surface area (Å²) in [7, 11) is 0. The maximum absolute atomic E-state index is 10.2. The van der Waals surface area contributed by atoms with E-state index in [-0.39, 0.29) is 6.42 Å². The molecule has 0 radical (unpaired) electrons. The van der Waals surface area contributed by atoms with Crippen molar-refractivity contribution in [2.24, 2.45) is 15.9 Å². The summed E-state index contributed by atoms with van der Waals surface area (Å²) < 4.78 is 0. The van der Waals surface area contributed by atoms with E-state index < -0.39 is 5.97 Å². The molecular weight excluding hydrogens is 166 g/mol. The van der Waals surface area contributed by atoms with Gasteiger partial charge < -0.3 is 10.8 Å². The lowest BCUT2D eigenvalue weighted by atomic mass is 10.3. The molecule has 3 N–H and O–H groups in total. The molecule has 1 rings (SSSR count). The molecule has 0 saturated carbocycles. The molecule has 0 spiro atoms. The van der Waals surface area contributed by atoms with Gasteiger partial charge in [-0.15, -0.1) is 5.10 Å². The molecular formula is C5H7N3O2S. The van der Waals surface area contributed by atoms with Crippen LogP contribution >= 0.6 is 11.8 Å². The summed E-state index contributed by atoms with van der Waals surface area (Å²) in [5.74, 6) is -0.359. The summed E-state index contributed by atoms with van der Waals surface area (Å²) in [6.45, 7) is 0. The third-order valence-electron chi connectivity index (χ3n) is 1.03. The number of nitrogens with zero attached hydrogens (tertiary/aromatic N) is 2. The number of thioether (sulfide) groups is 1. The van der Waals surface area contributed by atoms with E-state index in [2.05, 4.69) is 10.2 Å². The van der Waals surface area contributed by atoms with Crippen LogP contribution in [0.1, 0.15) is 6.42 Å². The van der Waals surface area contributed by atoms with E-state index in [4.69, 9.17) is 10.8 Å². The Balaban J connectivity index is 2.54. The number of carbonyl (C=O) groups is 1. The molecule has 0 aromatic heterocycles. The Kier molecular flexibility index (Phi) is 2.48. The van der Waals surface area contributed by atoms with Gasteiger partial charge in [0, 0.05) is 5.75 Å². The third-order valence-corrected chi connectivity index (χ3v) is 1.89. The van der Waals surface area contributed by atoms with E-state index in [0.717, 1.165) is 0 Å². The molecule has 0 amide bonds. The minimum atomic E-state index is -0.889. The van der Waals surface area contributed by atoms with Gasteiger partial charge in [-0.1, -0.05) is 11.8 Å². The molecule has 0 aromatic carbocycles. The lowest BCUT2D eigenvalue weighted by Crippen LogP contribution is -2.17. The fourth-order valence-corrected chi connectivity index (χ4v) is 1.17. The second kappa shape index (κ2) is 3.38. The maximum Gasteiger partial charge on any atom is 0.309 e. The zero-order valence-electron chi connectivity index (χ0n) is 5.65. The lowest BCUT2D eigenvalue weighted by Gasteiger charge is -2.05. The van der Waals surface area contributed by atoms with Gasteiger partial charge >= 0.3 is 5.97 Å². The van der Waals surface area contributed by atoms with Gasteiger partial charge in [-0.3, -0.25) is 4.79 Å². The highest BCUT2D eigenvalue weighted by Crippen LogP contribution is 2.08. The molecule has 5 nitrogen and oxygen atoms in total. The zero-order chi connectivity index (χ0) is 8.27. The first kappa shape index (κ1) is 8.06. The number of hydrogen-bond donors (Lipinski definition) is 2. The summed E-state index contributed by atoms with van der Waals surface area (Å²) in [6.07, 6.45) is -0.0518. The number of aliphatic carboxylic acids is 1. The Morgan fingerprint density at radius 3 is 2.91 bits per heavy atom. The predicted octanol–water partition coefficient (Wildman–Crippen LogP) is -0.121. The monoisotopic (exact) mass is 173 g/mol. The molecule has 0 bridgehead atoms. The number of carboxylic acids is 1. The highest BCUT2D eigenvalue weighted by molar-refractivity contribution is 8.14. The molecule has 11 heavy (non-hydrogen) atoms. The van der Waals surface area contributed by atoms with Crippen LogP contribution in [-0.2, 0) is 4.79 Å². The first-order valence-electron chi connectivity index (χ1n) is 2.92. The molecule has 0 atom stereocenters. The maximum atomic E-state index is 10.2. The average Bonchev–Trinajstić information content (AvgIpc) is 1.93. The van der Waals surface area contributed by atoms with E-state index in [9.17, 15) is 4.79 Å². The molecule has 0 aliphatic carbocycles. The van der Waals surface area contributed by atoms with Gasteiger partial charge in [0.2, 0.25) is 0 Å². The van der Waals surface area contributed by atoms with Crippen molar-refractivity contribution in [3.8, 4) is 0 Å². The summed E-state index contributed by atoms with van der Waals surface area (Å²) in [6, 6.07) is 0. The molecule has 60 valence electrons. The Morgan fingerprint density at radius 2 is 2.45 bits per heavy atom. The predicted molar refractivity (Wildman–Crippen MR) is 43.8 cm³/mol. The van der Waals surface area contributed by atoms with Crippen LogP contribution in [-0.4, -0.2) is 27.7 Å². The number of amidine groups is 1. The quantitative estimate of drug-likeness (QED) is 0.609. The van der Waals surface area contributed by atoms with Crippen molar-refractivity contribution >= 4 is 28.6 Å². The third kappa shape index (κ3) is 2.58. The molecule has 1 heterocycles. The number of carboxylic acid groups (broad SMARTS) is 1. The second-order valence-electron chi connectivity index (χ2n) is 1.96. The van der Waals surface area contributed by atoms with Crippen LogP contribution in [0, 0.1) is 0 Å². The van der Waals surface area contributed by atoms with Crippen LogP contribution in [0.4, 0.5) is 0 Å². The van der Waals surface area contributed by atoms with Crippen molar-refractivity contribution in [3.63, 3.8) is 0 Å². The average molecular weight is 173 g/mol. The topological polar surface area (TPSA) is 88.0 Å². The first-order chi connectivity index (χ1) is 5.18. The summed E-state index contributed by atoms with van der Waals surface area (Å²) in [4.78, 5) is 10.2. The summed E-state index contributed by atoms with van der Waals surface area (Å²) >= 11 is 1.30. The fourth-order valence-electron chi connectivity index (χ4n) is 0.596. The minimum absolute atomic E-state index is 0.0518. The van der Waals surface area contributed by atoms with E-state index in [0.29, 0.717) is 16.6 Å². The van der Waals surface area contributed by atoms with Crippen molar-refractivity contribution in [3.05, 3.63) is 0 Å². The normalized spacial score (nSPS) is 17.1. The standard InChI is InChI=1S/C5H7N3O2S/c6-5-8-7-3(2-11-5)1-4(9)10/h1-2H2,(H2,6,8)(H,9,10). The van der Waals surface area contributed by atoms with Crippen molar-refractivity contribution < 1.29 is 9.90 Å². The Labute approximate surface area is 67.4 Å². The van der Waals surface area contributed by atoms with Gasteiger partial charge in [-0.25, -0.2) is 0 Å². The number of hydrogen-bond acceptors (Lipinski definition) is 5. The molecule has 1 aliphatic heterocycles. The first-order valence-corrected chi connectivity index (χ1v) is 3.90. The van der Waals surface area contributed by atoms with Crippen molar-refractivity contribution in [2.45, 2.75) is 6.42 Å². The SMILES string of the molecule is NC1=NN=C(CC(=O)O)CS1. The Bertz CT molecular complexity index is 236. The van der Waals surface area contributed by atoms with Crippen molar-refractivity contribution in [2.75, 3.05) is 5.75 Å². The van der Waals surface area contributed by atoms with Gasteiger partial charge in [0.15, 0.2) is 5.17 Å². The van der Waals surface area contributed by atoms with Gasteiger partial charge in [0.05, 0.1) is 12.1 Å². The van der Waals surface area contributed by atoms with E-state index in [1.807, 2.05) is 0 Å². The molecule has 0 fully saturated rings. The van der Waals surface area contributed by atoms with Crippen molar-refractivity contribution in [1.82, 2.24) is 0 Å². The van der Waals surface area contributed by atoms with E-state index >= 15 is 0 Å². The van der Waals surface area contributed by atoms with Crippen molar-refractivity contribution in [1.29, 1.82) is 0 Å². The van der Waals surface area contributed by atoms with Crippen LogP contribution in [0.5, 0.6) is 0 Å². The molecule has 0 unspecified atom stereocenters. The number of rotatable bonds is 2. The minimum Gasteiger partial charge on any atom is -0.481 e. The van der Waals surface area contributed by atoms with E-state index in [1.165, 1.54) is 11.8 Å². The van der Waals surface area contributed by atoms with E-state index in [1.54, 1.807) is 0 Å². The number of nitrogens with two attached hydrogens (primary N) is 1. The van der Waals surface area contributed by atoms with Crippen LogP contribution in [0.15, 0.2) is 10.2 Å². The molecule has 0 saturated heterocycles. The van der Waals surface area contributed by atoms with Gasteiger partial charge in [0.1, 0.15) is 0 Å². The Morgan fingerprint density at radius 1 is 1.73 bits per heavy atom. The Hall–Kier alpha value is -1.04. The highest BCUT2D eigenvalue weighted by Gasteiger charge is 2.10. The zero-order valence-corrected chi connectivity index (χ0v) is 6.47. The van der Waals surface area contributed by atoms with Crippen LogP contribution in [0.2, 0.25) is 0 Å². The lowest BCUT2D eigenvalue weighted by molar-refractivity contribution is -0.135. The van der Waals surface area contributed by atoms with Crippen LogP contribution in [0.3, 0.4) is 0 Å². The smallest absolute Gasteiger partial charge is 0.309 e. The highest BCUT2D eigenvalue weighted by atomic mass is 32.2. The molecule has 1 aliphatic rings. The summed E-state index contributed by atoms with van der Waals surface area (Å²) in [5.41, 5.74) is 5.84. The van der Waals surface area contributed by atoms with Crippen LogP contribution < -0.4 is 5.73 Å². The van der Waals surface area contributed by atoms with Gasteiger partial charge in [-0.05, 0) is 0 Å². The fraction of sp³-hybridized carbons (Fsp3) is 0.400. The van der Waals surface area contributed by atoms with Crippen LogP contribution in [0.25, 0.3) is 0 Å². The molecule has 0 aromatic rings.